The van der Waals surface area contributed by atoms with Crippen LogP contribution >= 0.6 is 11.8 Å². The van der Waals surface area contributed by atoms with Crippen LogP contribution in [0.3, 0.4) is 0 Å². The standard InChI is InChI=1S/C16H16N2O5S/c1-8-7-24-15-12(14(21)18(15)13(8)16(22)23)17-11(20)6-9-4-2-3-5-10(9)19/h2-5,12,15,19H,6-7H2,1H3,(H,17,20)(H,22,23)/t12?,15-/m1/s1. The summed E-state index contributed by atoms with van der Waals surface area (Å²) in [4.78, 5) is 37.0. The topological polar surface area (TPSA) is 107 Å². The van der Waals surface area contributed by atoms with Crippen LogP contribution in [0.25, 0.3) is 0 Å². The number of nitrogens with one attached hydrogen (secondary N) is 1. The molecule has 0 aromatic heterocycles. The number of β-lactam (4-membered cyclic amide) rings is 1. The Morgan fingerprint density at radius 3 is 2.75 bits per heavy atom. The Labute approximate surface area is 142 Å². The number of phenolic OH excluding ortho intramolecular Hbond substituents is 1. The zero-order valence-electron chi connectivity index (χ0n) is 12.9. The molecule has 126 valence electrons. The van der Waals surface area contributed by atoms with Gasteiger partial charge in [0.05, 0.1) is 6.42 Å². The highest BCUT2D eigenvalue weighted by molar-refractivity contribution is 8.00. The highest BCUT2D eigenvalue weighted by Crippen LogP contribution is 2.40. The molecule has 1 fully saturated rings. The van der Waals surface area contributed by atoms with Gasteiger partial charge in [-0.25, -0.2) is 4.79 Å². The van der Waals surface area contributed by atoms with Gasteiger partial charge < -0.3 is 15.5 Å². The van der Waals surface area contributed by atoms with Gasteiger partial charge in [-0.2, -0.15) is 0 Å². The number of carboxylic acids is 1. The highest BCUT2D eigenvalue weighted by Gasteiger charge is 2.53. The number of rotatable bonds is 4. The fourth-order valence-corrected chi connectivity index (χ4v) is 4.13. The zero-order chi connectivity index (χ0) is 17.4. The maximum atomic E-state index is 12.3. The second-order valence-electron chi connectivity index (χ2n) is 5.69. The van der Waals surface area contributed by atoms with Gasteiger partial charge in [-0.3, -0.25) is 14.5 Å². The van der Waals surface area contributed by atoms with Gasteiger partial charge in [0, 0.05) is 11.3 Å². The normalized spacial score (nSPS) is 22.7. The molecule has 2 aliphatic rings. The smallest absolute Gasteiger partial charge is 0.352 e. The molecule has 2 aliphatic heterocycles. The van der Waals surface area contributed by atoms with Crippen molar-refractivity contribution in [3.63, 3.8) is 0 Å². The molecule has 7 nitrogen and oxygen atoms in total. The number of aromatic hydroxyl groups is 1. The van der Waals surface area contributed by atoms with Crippen LogP contribution in [0.5, 0.6) is 5.75 Å². The minimum Gasteiger partial charge on any atom is -0.508 e. The molecule has 3 rings (SSSR count). The Hall–Kier alpha value is -2.48. The zero-order valence-corrected chi connectivity index (χ0v) is 13.7. The molecule has 0 aliphatic carbocycles. The molecule has 0 bridgehead atoms. The SMILES string of the molecule is CC1=C(C(=O)O)N2C(=O)C(NC(=O)Cc3ccccc3O)[C@H]2SC1. The van der Waals surface area contributed by atoms with Gasteiger partial charge in [0.2, 0.25) is 5.91 Å². The van der Waals surface area contributed by atoms with Gasteiger partial charge in [-0.15, -0.1) is 11.8 Å². The highest BCUT2D eigenvalue weighted by atomic mass is 32.2. The summed E-state index contributed by atoms with van der Waals surface area (Å²) in [6, 6.07) is 5.75. The number of phenols is 1. The molecule has 1 saturated heterocycles. The van der Waals surface area contributed by atoms with Crippen LogP contribution in [-0.2, 0) is 20.8 Å². The first kappa shape index (κ1) is 16.4. The summed E-state index contributed by atoms with van der Waals surface area (Å²) in [6.07, 6.45) is -0.0471. The summed E-state index contributed by atoms with van der Waals surface area (Å²) in [5.41, 5.74) is 1.11. The lowest BCUT2D eigenvalue weighted by molar-refractivity contribution is -0.150. The summed E-state index contributed by atoms with van der Waals surface area (Å²) < 4.78 is 0. The van der Waals surface area contributed by atoms with Crippen molar-refractivity contribution < 1.29 is 24.6 Å². The quantitative estimate of drug-likeness (QED) is 0.691. The van der Waals surface area contributed by atoms with Crippen LogP contribution in [0.1, 0.15) is 12.5 Å². The summed E-state index contributed by atoms with van der Waals surface area (Å²) >= 11 is 1.43. The molecule has 8 heteroatoms. The van der Waals surface area contributed by atoms with Crippen molar-refractivity contribution in [3.8, 4) is 5.75 Å². The Morgan fingerprint density at radius 2 is 2.08 bits per heavy atom. The number of thioether (sulfide) groups is 1. The van der Waals surface area contributed by atoms with Crippen LogP contribution in [0.4, 0.5) is 0 Å². The summed E-state index contributed by atoms with van der Waals surface area (Å²) in [7, 11) is 0. The number of benzene rings is 1. The summed E-state index contributed by atoms with van der Waals surface area (Å²) in [5, 5.41) is 21.2. The maximum absolute atomic E-state index is 12.3. The molecule has 2 amide bonds. The number of para-hydroxylation sites is 1. The van der Waals surface area contributed by atoms with Crippen LogP contribution in [0, 0.1) is 0 Å². The number of fused-ring (bicyclic) bond motifs is 1. The van der Waals surface area contributed by atoms with Crippen molar-refractivity contribution in [2.75, 3.05) is 5.75 Å². The van der Waals surface area contributed by atoms with E-state index in [1.807, 2.05) is 0 Å². The van der Waals surface area contributed by atoms with Gasteiger partial charge in [0.1, 0.15) is 22.9 Å². The average Bonchev–Trinajstić information content (AvgIpc) is 2.54. The third-order valence-electron chi connectivity index (χ3n) is 4.02. The minimum absolute atomic E-state index is 0.00922. The van der Waals surface area contributed by atoms with E-state index in [0.717, 1.165) is 0 Å². The molecule has 1 unspecified atom stereocenters. The Balaban J connectivity index is 1.68. The van der Waals surface area contributed by atoms with E-state index in [4.69, 9.17) is 0 Å². The molecule has 24 heavy (non-hydrogen) atoms. The summed E-state index contributed by atoms with van der Waals surface area (Å²) in [5.74, 6) is -1.42. The van der Waals surface area contributed by atoms with E-state index in [9.17, 15) is 24.6 Å². The van der Waals surface area contributed by atoms with Crippen molar-refractivity contribution in [1.29, 1.82) is 0 Å². The number of hydrogen-bond acceptors (Lipinski definition) is 5. The average molecular weight is 348 g/mol. The van der Waals surface area contributed by atoms with E-state index in [-0.39, 0.29) is 17.9 Å². The van der Waals surface area contributed by atoms with Crippen molar-refractivity contribution in [2.24, 2.45) is 0 Å². The molecule has 1 aromatic rings. The second-order valence-corrected chi connectivity index (χ2v) is 6.80. The first-order valence-corrected chi connectivity index (χ1v) is 8.39. The molecular formula is C16H16N2O5S. The number of carbonyl (C=O) groups excluding carboxylic acids is 2. The Bertz CT molecular complexity index is 761. The van der Waals surface area contributed by atoms with Gasteiger partial charge in [-0.1, -0.05) is 18.2 Å². The lowest BCUT2D eigenvalue weighted by Crippen LogP contribution is -2.70. The van der Waals surface area contributed by atoms with Crippen molar-refractivity contribution in [2.45, 2.75) is 24.8 Å². The number of carbonyl (C=O) groups is 3. The first-order chi connectivity index (χ1) is 11.4. The number of amides is 2. The molecule has 0 radical (unpaired) electrons. The van der Waals surface area contributed by atoms with Crippen LogP contribution in [-0.4, -0.2) is 50.1 Å². The van der Waals surface area contributed by atoms with Gasteiger partial charge in [-0.05, 0) is 18.6 Å². The van der Waals surface area contributed by atoms with Crippen LogP contribution in [0.15, 0.2) is 35.5 Å². The monoisotopic (exact) mass is 348 g/mol. The Kier molecular flexibility index (Phi) is 4.23. The van der Waals surface area contributed by atoms with Gasteiger partial charge in [0.25, 0.3) is 5.91 Å². The molecule has 2 atom stereocenters. The predicted molar refractivity (Wildman–Crippen MR) is 87.2 cm³/mol. The third-order valence-corrected chi connectivity index (χ3v) is 5.44. The van der Waals surface area contributed by atoms with E-state index in [1.165, 1.54) is 22.7 Å². The molecule has 0 saturated carbocycles. The van der Waals surface area contributed by atoms with E-state index in [1.54, 1.807) is 25.1 Å². The second kappa shape index (κ2) is 6.20. The largest absolute Gasteiger partial charge is 0.508 e. The van der Waals surface area contributed by atoms with Crippen molar-refractivity contribution in [1.82, 2.24) is 10.2 Å². The number of nitrogens with zero attached hydrogens (tertiary/aromatic N) is 1. The molecule has 3 N–H and O–H groups in total. The molecule has 2 heterocycles. The minimum atomic E-state index is -1.13. The van der Waals surface area contributed by atoms with Crippen LogP contribution < -0.4 is 5.32 Å². The lowest BCUT2D eigenvalue weighted by atomic mass is 10.0. The maximum Gasteiger partial charge on any atom is 0.352 e. The van der Waals surface area contributed by atoms with E-state index >= 15 is 0 Å². The number of carboxylic acid groups (broad SMARTS) is 1. The number of hydrogen-bond donors (Lipinski definition) is 3. The third kappa shape index (κ3) is 2.73. The fraction of sp³-hybridized carbons (Fsp3) is 0.312. The van der Waals surface area contributed by atoms with Gasteiger partial charge in [0.15, 0.2) is 0 Å². The Morgan fingerprint density at radius 1 is 1.38 bits per heavy atom. The van der Waals surface area contributed by atoms with Crippen molar-refractivity contribution >= 4 is 29.5 Å². The van der Waals surface area contributed by atoms with Crippen molar-refractivity contribution in [3.05, 3.63) is 41.1 Å². The lowest BCUT2D eigenvalue weighted by Gasteiger charge is -2.49. The summed E-state index contributed by atoms with van der Waals surface area (Å²) in [6.45, 7) is 1.68. The molecular weight excluding hydrogens is 332 g/mol. The fourth-order valence-electron chi connectivity index (χ4n) is 2.83. The van der Waals surface area contributed by atoms with E-state index in [0.29, 0.717) is 16.9 Å². The van der Waals surface area contributed by atoms with E-state index in [2.05, 4.69) is 5.32 Å². The first-order valence-electron chi connectivity index (χ1n) is 7.34. The van der Waals surface area contributed by atoms with Gasteiger partial charge >= 0.3 is 5.97 Å². The van der Waals surface area contributed by atoms with E-state index < -0.39 is 29.2 Å². The molecule has 0 spiro atoms. The number of aliphatic carboxylic acids is 1. The van der Waals surface area contributed by atoms with Crippen LogP contribution in [0.2, 0.25) is 0 Å². The predicted octanol–water partition coefficient (Wildman–Crippen LogP) is 0.693. The molecule has 1 aromatic carbocycles.